The molecule has 0 spiro atoms. The fraction of sp³-hybridized carbons (Fsp3) is 0.130. The number of ether oxygens (including phenoxy) is 1. The number of hydrogen-bond acceptors (Lipinski definition) is 4. The molecule has 0 aliphatic rings. The maximum Gasteiger partial charge on any atom is 0.259 e. The second-order valence-corrected chi connectivity index (χ2v) is 7.42. The van der Waals surface area contributed by atoms with E-state index in [2.05, 4.69) is 63.0 Å². The molecule has 3 rings (SSSR count). The van der Waals surface area contributed by atoms with Crippen molar-refractivity contribution in [3.63, 3.8) is 0 Å². The molecule has 0 saturated carbocycles. The summed E-state index contributed by atoms with van der Waals surface area (Å²) in [6.45, 7) is 2.70. The smallest absolute Gasteiger partial charge is 0.259 e. The van der Waals surface area contributed by atoms with Gasteiger partial charge in [-0.1, -0.05) is 57.9 Å². The van der Waals surface area contributed by atoms with Gasteiger partial charge in [0.25, 0.3) is 5.91 Å². The van der Waals surface area contributed by atoms with Crippen LogP contribution in [-0.4, -0.2) is 18.7 Å². The van der Waals surface area contributed by atoms with Crippen LogP contribution in [0.15, 0.2) is 82.4 Å². The number of amides is 1. The number of hydrogen-bond donors (Lipinski definition) is 2. The van der Waals surface area contributed by atoms with Crippen molar-refractivity contribution in [2.24, 2.45) is 5.10 Å². The number of rotatable bonds is 8. The number of carbonyl (C=O) groups is 1. The quantitative estimate of drug-likeness (QED) is 0.378. The molecule has 0 saturated heterocycles. The van der Waals surface area contributed by atoms with Crippen LogP contribution in [0.4, 0.5) is 5.69 Å². The van der Waals surface area contributed by atoms with Crippen molar-refractivity contribution in [1.29, 1.82) is 0 Å². The molecular formula is C23H22BrN3O2. The Bertz CT molecular complexity index is 970. The highest BCUT2D eigenvalue weighted by atomic mass is 79.9. The standard InChI is InChI=1S/C23H22BrN3O2/c1-17-5-7-18(8-6-17)16-29-22-4-2-3-19(13-22)14-26-27-23(28)15-25-21-11-9-20(24)10-12-21/h2-14,25H,15-16H2,1H3,(H,27,28)/b26-14-. The lowest BCUT2D eigenvalue weighted by Crippen LogP contribution is -2.25. The minimum absolute atomic E-state index is 0.138. The third-order valence-electron chi connectivity index (χ3n) is 4.08. The van der Waals surface area contributed by atoms with Gasteiger partial charge in [0.05, 0.1) is 12.8 Å². The van der Waals surface area contributed by atoms with Gasteiger partial charge in [-0.3, -0.25) is 4.79 Å². The zero-order valence-electron chi connectivity index (χ0n) is 16.1. The number of nitrogens with zero attached hydrogens (tertiary/aromatic N) is 1. The van der Waals surface area contributed by atoms with Gasteiger partial charge in [0.2, 0.25) is 0 Å². The molecule has 29 heavy (non-hydrogen) atoms. The second-order valence-electron chi connectivity index (χ2n) is 6.50. The number of hydrazone groups is 1. The molecule has 5 nitrogen and oxygen atoms in total. The normalized spacial score (nSPS) is 10.7. The highest BCUT2D eigenvalue weighted by molar-refractivity contribution is 9.10. The zero-order valence-corrected chi connectivity index (χ0v) is 17.6. The van der Waals surface area contributed by atoms with E-state index in [0.29, 0.717) is 6.61 Å². The number of aryl methyl sites for hydroxylation is 1. The molecule has 0 aliphatic heterocycles. The van der Waals surface area contributed by atoms with Crippen molar-refractivity contribution < 1.29 is 9.53 Å². The Kier molecular flexibility index (Phi) is 7.41. The summed E-state index contributed by atoms with van der Waals surface area (Å²) in [7, 11) is 0. The van der Waals surface area contributed by atoms with Crippen molar-refractivity contribution in [1.82, 2.24) is 5.43 Å². The van der Waals surface area contributed by atoms with Crippen molar-refractivity contribution in [3.05, 3.63) is 94.0 Å². The summed E-state index contributed by atoms with van der Waals surface area (Å²) in [6.07, 6.45) is 1.59. The molecule has 0 heterocycles. The highest BCUT2D eigenvalue weighted by Crippen LogP contribution is 2.15. The van der Waals surface area contributed by atoms with Crippen LogP contribution in [0.1, 0.15) is 16.7 Å². The average Bonchev–Trinajstić information content (AvgIpc) is 2.73. The summed E-state index contributed by atoms with van der Waals surface area (Å²) in [5, 5.41) is 7.05. The molecule has 3 aromatic carbocycles. The van der Waals surface area contributed by atoms with Crippen molar-refractivity contribution in [2.45, 2.75) is 13.5 Å². The number of nitrogens with one attached hydrogen (secondary N) is 2. The Morgan fingerprint density at radius 1 is 1.07 bits per heavy atom. The Morgan fingerprint density at radius 3 is 2.59 bits per heavy atom. The van der Waals surface area contributed by atoms with Crippen molar-refractivity contribution in [2.75, 3.05) is 11.9 Å². The Hall–Kier alpha value is -3.12. The van der Waals surface area contributed by atoms with Gasteiger partial charge >= 0.3 is 0 Å². The van der Waals surface area contributed by atoms with Crippen LogP contribution in [0.2, 0.25) is 0 Å². The first kappa shape index (κ1) is 20.6. The highest BCUT2D eigenvalue weighted by Gasteiger charge is 2.00. The first-order chi connectivity index (χ1) is 14.1. The Balaban J connectivity index is 1.46. The van der Waals surface area contributed by atoms with Crippen LogP contribution in [0.3, 0.4) is 0 Å². The first-order valence-corrected chi connectivity index (χ1v) is 9.97. The fourth-order valence-electron chi connectivity index (χ4n) is 2.50. The van der Waals surface area contributed by atoms with E-state index in [-0.39, 0.29) is 12.5 Å². The Morgan fingerprint density at radius 2 is 1.83 bits per heavy atom. The summed E-state index contributed by atoms with van der Waals surface area (Å²) < 4.78 is 6.82. The molecule has 1 amide bonds. The van der Waals surface area contributed by atoms with Gasteiger partial charge in [0.15, 0.2) is 0 Å². The monoisotopic (exact) mass is 451 g/mol. The molecule has 2 N–H and O–H groups in total. The lowest BCUT2D eigenvalue weighted by Gasteiger charge is -2.07. The largest absolute Gasteiger partial charge is 0.489 e. The third-order valence-corrected chi connectivity index (χ3v) is 4.61. The summed E-state index contributed by atoms with van der Waals surface area (Å²) in [4.78, 5) is 11.9. The molecular weight excluding hydrogens is 430 g/mol. The van der Waals surface area contributed by atoms with Crippen LogP contribution in [0, 0.1) is 6.92 Å². The van der Waals surface area contributed by atoms with Crippen molar-refractivity contribution in [3.8, 4) is 5.75 Å². The molecule has 0 aliphatic carbocycles. The number of benzene rings is 3. The summed E-state index contributed by atoms with van der Waals surface area (Å²) in [5.41, 5.74) is 6.55. The molecule has 0 radical (unpaired) electrons. The summed E-state index contributed by atoms with van der Waals surface area (Å²) in [5.74, 6) is 0.522. The average molecular weight is 452 g/mol. The maximum atomic E-state index is 11.9. The van der Waals surface area contributed by atoms with E-state index in [1.165, 1.54) is 5.56 Å². The maximum absolute atomic E-state index is 11.9. The zero-order chi connectivity index (χ0) is 20.5. The topological polar surface area (TPSA) is 62.7 Å². The van der Waals surface area contributed by atoms with Crippen LogP contribution in [-0.2, 0) is 11.4 Å². The van der Waals surface area contributed by atoms with Gasteiger partial charge in [0.1, 0.15) is 12.4 Å². The lowest BCUT2D eigenvalue weighted by molar-refractivity contribution is -0.119. The van der Waals surface area contributed by atoms with E-state index in [1.54, 1.807) is 6.21 Å². The molecule has 0 bridgehead atoms. The van der Waals surface area contributed by atoms with E-state index in [0.717, 1.165) is 27.0 Å². The van der Waals surface area contributed by atoms with E-state index in [9.17, 15) is 4.79 Å². The molecule has 6 heteroatoms. The molecule has 0 atom stereocenters. The van der Waals surface area contributed by atoms with E-state index >= 15 is 0 Å². The minimum Gasteiger partial charge on any atom is -0.489 e. The van der Waals surface area contributed by atoms with Crippen LogP contribution >= 0.6 is 15.9 Å². The van der Waals surface area contributed by atoms with Gasteiger partial charge in [-0.2, -0.15) is 5.10 Å². The Labute approximate surface area is 178 Å². The summed E-state index contributed by atoms with van der Waals surface area (Å²) >= 11 is 3.38. The van der Waals surface area contributed by atoms with Crippen LogP contribution in [0.25, 0.3) is 0 Å². The van der Waals surface area contributed by atoms with E-state index < -0.39 is 0 Å². The molecule has 0 fully saturated rings. The van der Waals surface area contributed by atoms with Gasteiger partial charge in [-0.15, -0.1) is 0 Å². The number of carbonyl (C=O) groups excluding carboxylic acids is 1. The van der Waals surface area contributed by atoms with E-state index in [1.807, 2.05) is 48.5 Å². The number of anilines is 1. The van der Waals surface area contributed by atoms with Crippen molar-refractivity contribution >= 4 is 33.7 Å². The molecule has 148 valence electrons. The van der Waals surface area contributed by atoms with Gasteiger partial charge < -0.3 is 10.1 Å². The molecule has 0 unspecified atom stereocenters. The van der Waals surface area contributed by atoms with Gasteiger partial charge in [-0.05, 0) is 54.4 Å². The predicted octanol–water partition coefficient (Wildman–Crippen LogP) is 4.90. The molecule has 0 aromatic heterocycles. The first-order valence-electron chi connectivity index (χ1n) is 9.18. The van der Waals surface area contributed by atoms with Crippen LogP contribution < -0.4 is 15.5 Å². The van der Waals surface area contributed by atoms with Gasteiger partial charge in [-0.25, -0.2) is 5.43 Å². The van der Waals surface area contributed by atoms with E-state index in [4.69, 9.17) is 4.74 Å². The van der Waals surface area contributed by atoms with Crippen LogP contribution in [0.5, 0.6) is 5.75 Å². The predicted molar refractivity (Wildman–Crippen MR) is 120 cm³/mol. The second kappa shape index (κ2) is 10.4. The fourth-order valence-corrected chi connectivity index (χ4v) is 2.77. The lowest BCUT2D eigenvalue weighted by atomic mass is 10.2. The van der Waals surface area contributed by atoms with Gasteiger partial charge in [0, 0.05) is 10.2 Å². The molecule has 3 aromatic rings. The SMILES string of the molecule is Cc1ccc(COc2cccc(/C=N\NC(=O)CNc3ccc(Br)cc3)c2)cc1. The third kappa shape index (κ3) is 7.08. The number of halogens is 1. The summed E-state index contributed by atoms with van der Waals surface area (Å²) in [6, 6.07) is 23.4. The minimum atomic E-state index is -0.226.